The van der Waals surface area contributed by atoms with Crippen LogP contribution >= 0.6 is 0 Å². The van der Waals surface area contributed by atoms with Crippen molar-refractivity contribution in [3.63, 3.8) is 0 Å². The molecule has 0 aliphatic carbocycles. The fourth-order valence-electron chi connectivity index (χ4n) is 2.94. The summed E-state index contributed by atoms with van der Waals surface area (Å²) in [6, 6.07) is 2.28. The molecule has 170 valence electrons. The van der Waals surface area contributed by atoms with Crippen LogP contribution in [0.1, 0.15) is 20.3 Å². The van der Waals surface area contributed by atoms with Crippen molar-refractivity contribution < 1.29 is 37.6 Å². The highest BCUT2D eigenvalue weighted by Crippen LogP contribution is 2.32. The molecule has 14 heteroatoms. The SMILES string of the molecule is CCNC(=O)NC(=O)[C@@H](C)OC(=O)[C@@H]1C[C@H](O)CN1S(=O)(=O)c1ccccc1[N+](=O)[O-]. The van der Waals surface area contributed by atoms with E-state index in [1.165, 1.54) is 19.1 Å². The molecular weight excluding hydrogens is 436 g/mol. The number of hydrogen-bond donors (Lipinski definition) is 3. The maximum Gasteiger partial charge on any atom is 0.325 e. The third-order valence-electron chi connectivity index (χ3n) is 4.39. The van der Waals surface area contributed by atoms with Crippen molar-refractivity contribution in [1.29, 1.82) is 0 Å². The number of aliphatic hydroxyl groups excluding tert-OH is 1. The third-order valence-corrected chi connectivity index (χ3v) is 6.31. The number of aliphatic hydroxyl groups is 1. The second kappa shape index (κ2) is 9.80. The van der Waals surface area contributed by atoms with Crippen molar-refractivity contribution in [3.05, 3.63) is 34.4 Å². The number of nitro groups is 1. The Labute approximate surface area is 177 Å². The number of nitrogens with zero attached hydrogens (tertiary/aromatic N) is 2. The number of carbonyl (C=O) groups excluding carboxylic acids is 3. The Kier molecular flexibility index (Phi) is 7.65. The van der Waals surface area contributed by atoms with E-state index in [4.69, 9.17) is 4.74 Å². The van der Waals surface area contributed by atoms with Gasteiger partial charge < -0.3 is 15.2 Å². The van der Waals surface area contributed by atoms with Gasteiger partial charge in [-0.3, -0.25) is 25.0 Å². The molecule has 13 nitrogen and oxygen atoms in total. The predicted octanol–water partition coefficient (Wildman–Crippen LogP) is -0.504. The van der Waals surface area contributed by atoms with Crippen LogP contribution < -0.4 is 10.6 Å². The zero-order valence-corrected chi connectivity index (χ0v) is 17.5. The summed E-state index contributed by atoms with van der Waals surface area (Å²) in [5.41, 5.74) is -0.689. The molecular formula is C17H22N4O9S. The number of nitrogens with one attached hydrogen (secondary N) is 2. The number of para-hydroxylation sites is 1. The summed E-state index contributed by atoms with van der Waals surface area (Å²) in [4.78, 5) is 45.6. The lowest BCUT2D eigenvalue weighted by Crippen LogP contribution is -2.47. The van der Waals surface area contributed by atoms with Crippen LogP contribution in [0, 0.1) is 10.1 Å². The van der Waals surface area contributed by atoms with Gasteiger partial charge in [-0.25, -0.2) is 13.2 Å². The van der Waals surface area contributed by atoms with Crippen LogP contribution in [0.2, 0.25) is 0 Å². The molecule has 1 heterocycles. The van der Waals surface area contributed by atoms with Gasteiger partial charge in [0.15, 0.2) is 11.0 Å². The number of sulfonamides is 1. The van der Waals surface area contributed by atoms with Crippen LogP contribution in [0.4, 0.5) is 10.5 Å². The molecule has 1 aliphatic heterocycles. The van der Waals surface area contributed by atoms with Crippen molar-refractivity contribution in [2.24, 2.45) is 0 Å². The van der Waals surface area contributed by atoms with E-state index in [0.29, 0.717) is 4.31 Å². The number of esters is 1. The number of β-amino-alcohol motifs (C(OH)–C–C–N with tert-alkyl or cyclic N) is 1. The zero-order valence-electron chi connectivity index (χ0n) is 16.7. The highest BCUT2D eigenvalue weighted by atomic mass is 32.2. The van der Waals surface area contributed by atoms with Crippen molar-refractivity contribution >= 4 is 33.6 Å². The number of ether oxygens (including phenoxy) is 1. The minimum Gasteiger partial charge on any atom is -0.451 e. The molecule has 2 rings (SSSR count). The quantitative estimate of drug-likeness (QED) is 0.275. The summed E-state index contributed by atoms with van der Waals surface area (Å²) in [6.45, 7) is 2.57. The Morgan fingerprint density at radius 1 is 1.35 bits per heavy atom. The summed E-state index contributed by atoms with van der Waals surface area (Å²) < 4.78 is 31.6. The first-order chi connectivity index (χ1) is 14.5. The number of rotatable bonds is 7. The van der Waals surface area contributed by atoms with Crippen molar-refractivity contribution in [3.8, 4) is 0 Å². The monoisotopic (exact) mass is 458 g/mol. The van der Waals surface area contributed by atoms with Crippen LogP contribution in [-0.4, -0.2) is 72.0 Å². The number of nitro benzene ring substituents is 1. The molecule has 3 N–H and O–H groups in total. The van der Waals surface area contributed by atoms with Gasteiger partial charge in [-0.1, -0.05) is 12.1 Å². The summed E-state index contributed by atoms with van der Waals surface area (Å²) >= 11 is 0. The maximum absolute atomic E-state index is 13.0. The lowest BCUT2D eigenvalue weighted by Gasteiger charge is -2.23. The standard InChI is InChI=1S/C17H22N4O9S/c1-3-18-17(25)19-15(23)10(2)30-16(24)13-8-11(22)9-20(13)31(28,29)14-7-5-4-6-12(14)21(26)27/h4-7,10-11,13,22H,3,8-9H2,1-2H3,(H2,18,19,23,25)/t10-,11+,13+/m1/s1. The Bertz CT molecular complexity index is 982. The molecule has 1 fully saturated rings. The Hall–Kier alpha value is -3.10. The molecule has 0 bridgehead atoms. The number of urea groups is 1. The van der Waals surface area contributed by atoms with Crippen molar-refractivity contribution in [2.75, 3.05) is 13.1 Å². The number of hydrogen-bond acceptors (Lipinski definition) is 9. The van der Waals surface area contributed by atoms with E-state index in [9.17, 15) is 38.0 Å². The fourth-order valence-corrected chi connectivity index (χ4v) is 4.73. The van der Waals surface area contributed by atoms with E-state index >= 15 is 0 Å². The Morgan fingerprint density at radius 3 is 2.61 bits per heavy atom. The lowest BCUT2D eigenvalue weighted by molar-refractivity contribution is -0.387. The number of amides is 3. The van der Waals surface area contributed by atoms with Gasteiger partial charge in [-0.15, -0.1) is 0 Å². The Morgan fingerprint density at radius 2 is 2.00 bits per heavy atom. The van der Waals surface area contributed by atoms with Gasteiger partial charge in [-0.05, 0) is 19.9 Å². The molecule has 0 radical (unpaired) electrons. The topological polar surface area (TPSA) is 185 Å². The van der Waals surface area contributed by atoms with E-state index in [1.54, 1.807) is 6.92 Å². The third kappa shape index (κ3) is 5.53. The Balaban J connectivity index is 2.23. The molecule has 0 saturated carbocycles. The van der Waals surface area contributed by atoms with Crippen molar-refractivity contribution in [2.45, 2.75) is 43.4 Å². The molecule has 1 aromatic rings. The van der Waals surface area contributed by atoms with Crippen molar-refractivity contribution in [1.82, 2.24) is 14.9 Å². The average Bonchev–Trinajstić information content (AvgIpc) is 3.10. The first-order valence-electron chi connectivity index (χ1n) is 9.21. The minimum atomic E-state index is -4.56. The number of benzene rings is 1. The van der Waals surface area contributed by atoms with Crippen LogP contribution in [0.25, 0.3) is 0 Å². The van der Waals surface area contributed by atoms with E-state index < -0.39 is 68.2 Å². The summed E-state index contributed by atoms with van der Waals surface area (Å²) in [5, 5.41) is 25.4. The van der Waals surface area contributed by atoms with E-state index in [2.05, 4.69) is 5.32 Å². The molecule has 3 amide bonds. The van der Waals surface area contributed by atoms with Gasteiger partial charge in [0, 0.05) is 25.6 Å². The lowest BCUT2D eigenvalue weighted by atomic mass is 10.2. The van der Waals surface area contributed by atoms with Gasteiger partial charge in [0.2, 0.25) is 0 Å². The molecule has 1 aromatic carbocycles. The molecule has 3 atom stereocenters. The van der Waals surface area contributed by atoms with Crippen LogP contribution in [0.5, 0.6) is 0 Å². The maximum atomic E-state index is 13.0. The average molecular weight is 458 g/mol. The molecule has 31 heavy (non-hydrogen) atoms. The fraction of sp³-hybridized carbons (Fsp3) is 0.471. The van der Waals surface area contributed by atoms with Gasteiger partial charge in [0.1, 0.15) is 6.04 Å². The van der Waals surface area contributed by atoms with Gasteiger partial charge in [0.25, 0.3) is 21.6 Å². The number of imide groups is 1. The summed E-state index contributed by atoms with van der Waals surface area (Å²) in [7, 11) is -4.56. The normalized spacial score (nSPS) is 20.0. The van der Waals surface area contributed by atoms with E-state index in [-0.39, 0.29) is 13.0 Å². The summed E-state index contributed by atoms with van der Waals surface area (Å²) in [6.07, 6.45) is -3.00. The predicted molar refractivity (Wildman–Crippen MR) is 104 cm³/mol. The molecule has 0 unspecified atom stereocenters. The second-order valence-electron chi connectivity index (χ2n) is 6.63. The second-order valence-corrected chi connectivity index (χ2v) is 8.49. The molecule has 1 aliphatic rings. The van der Waals surface area contributed by atoms with Crippen LogP contribution in [-0.2, 0) is 24.3 Å². The zero-order chi connectivity index (χ0) is 23.3. The molecule has 0 aromatic heterocycles. The van der Waals surface area contributed by atoms with E-state index in [1.807, 2.05) is 5.32 Å². The highest BCUT2D eigenvalue weighted by molar-refractivity contribution is 7.89. The first-order valence-corrected chi connectivity index (χ1v) is 10.7. The van der Waals surface area contributed by atoms with Crippen LogP contribution in [0.15, 0.2) is 29.2 Å². The van der Waals surface area contributed by atoms with Gasteiger partial charge >= 0.3 is 12.0 Å². The molecule has 1 saturated heterocycles. The number of carbonyl (C=O) groups is 3. The first kappa shape index (κ1) is 24.2. The largest absolute Gasteiger partial charge is 0.451 e. The molecule has 0 spiro atoms. The highest BCUT2D eigenvalue weighted by Gasteiger charge is 2.46. The smallest absolute Gasteiger partial charge is 0.325 e. The van der Waals surface area contributed by atoms with Gasteiger partial charge in [-0.2, -0.15) is 4.31 Å². The van der Waals surface area contributed by atoms with Gasteiger partial charge in [0.05, 0.1) is 11.0 Å². The minimum absolute atomic E-state index is 0.256. The summed E-state index contributed by atoms with van der Waals surface area (Å²) in [5.74, 6) is -2.08. The van der Waals surface area contributed by atoms with E-state index in [0.717, 1.165) is 12.1 Å². The van der Waals surface area contributed by atoms with Crippen LogP contribution in [0.3, 0.4) is 0 Å².